The predicted molar refractivity (Wildman–Crippen MR) is 91.4 cm³/mol. The number of primary sulfonamides is 1. The van der Waals surface area contributed by atoms with Gasteiger partial charge in [-0.2, -0.15) is 0 Å². The Balaban J connectivity index is 0.00000361. The van der Waals surface area contributed by atoms with Crippen molar-refractivity contribution < 1.29 is 8.42 Å². The summed E-state index contributed by atoms with van der Waals surface area (Å²) in [6.45, 7) is 5.18. The Morgan fingerprint density at radius 3 is 2.60 bits per heavy atom. The van der Waals surface area contributed by atoms with E-state index in [4.69, 9.17) is 10.9 Å². The van der Waals surface area contributed by atoms with Crippen LogP contribution in [0.1, 0.15) is 19.4 Å². The van der Waals surface area contributed by atoms with Crippen LogP contribution in [0.15, 0.2) is 34.2 Å². The lowest BCUT2D eigenvalue weighted by Crippen LogP contribution is -2.34. The third-order valence-corrected chi connectivity index (χ3v) is 3.26. The number of benzene rings is 1. The average Bonchev–Trinajstić information content (AvgIpc) is 2.33. The molecule has 0 bridgehead atoms. The molecule has 0 spiro atoms. The van der Waals surface area contributed by atoms with E-state index in [1.807, 2.05) is 0 Å². The van der Waals surface area contributed by atoms with E-state index in [-0.39, 0.29) is 28.9 Å². The van der Waals surface area contributed by atoms with Gasteiger partial charge in [0.15, 0.2) is 5.96 Å². The zero-order chi connectivity index (χ0) is 14.5. The Kier molecular flexibility index (Phi) is 8.06. The molecule has 0 unspecified atom stereocenters. The number of hydrogen-bond donors (Lipinski definition) is 3. The predicted octanol–water partition coefficient (Wildman–Crippen LogP) is 1.01. The fourth-order valence-electron chi connectivity index (χ4n) is 1.36. The Morgan fingerprint density at radius 1 is 1.40 bits per heavy atom. The van der Waals surface area contributed by atoms with Crippen LogP contribution < -0.4 is 16.2 Å². The van der Waals surface area contributed by atoms with Gasteiger partial charge in [0.25, 0.3) is 0 Å². The van der Waals surface area contributed by atoms with Crippen molar-refractivity contribution in [2.24, 2.45) is 21.8 Å². The number of hydrogen-bond acceptors (Lipinski definition) is 3. The molecule has 8 heteroatoms. The maximum absolute atomic E-state index is 11.2. The van der Waals surface area contributed by atoms with Crippen LogP contribution in [-0.2, 0) is 16.6 Å². The minimum absolute atomic E-state index is 0. The van der Waals surface area contributed by atoms with Crippen molar-refractivity contribution in [2.75, 3.05) is 6.54 Å². The molecule has 0 atom stereocenters. The summed E-state index contributed by atoms with van der Waals surface area (Å²) in [5.41, 5.74) is 6.43. The Hall–Kier alpha value is -0.870. The molecular weight excluding hydrogens is 391 g/mol. The average molecular weight is 412 g/mol. The number of nitrogens with zero attached hydrogens (tertiary/aromatic N) is 1. The number of nitrogens with two attached hydrogens (primary N) is 2. The van der Waals surface area contributed by atoms with Crippen LogP contribution in [0, 0.1) is 5.92 Å². The molecular formula is C12H21IN4O2S. The molecule has 1 rings (SSSR count). The highest BCUT2D eigenvalue weighted by atomic mass is 127. The van der Waals surface area contributed by atoms with E-state index < -0.39 is 10.0 Å². The van der Waals surface area contributed by atoms with E-state index >= 15 is 0 Å². The third-order valence-electron chi connectivity index (χ3n) is 2.35. The number of halogens is 1. The van der Waals surface area contributed by atoms with Crippen molar-refractivity contribution in [3.63, 3.8) is 0 Å². The molecule has 0 saturated carbocycles. The number of guanidine groups is 1. The number of aliphatic imine (C=N–C) groups is 1. The second-order valence-electron chi connectivity index (χ2n) is 4.67. The summed E-state index contributed by atoms with van der Waals surface area (Å²) >= 11 is 0. The first kappa shape index (κ1) is 19.1. The lowest BCUT2D eigenvalue weighted by molar-refractivity contribution is 0.597. The normalized spacial score (nSPS) is 12.1. The quantitative estimate of drug-likeness (QED) is 0.381. The first-order valence-electron chi connectivity index (χ1n) is 5.94. The van der Waals surface area contributed by atoms with Crippen LogP contribution in [0.5, 0.6) is 0 Å². The zero-order valence-electron chi connectivity index (χ0n) is 11.5. The molecule has 0 aliphatic carbocycles. The van der Waals surface area contributed by atoms with Crippen LogP contribution in [0.4, 0.5) is 0 Å². The first-order chi connectivity index (χ1) is 8.79. The molecule has 20 heavy (non-hydrogen) atoms. The van der Waals surface area contributed by atoms with Gasteiger partial charge in [0.1, 0.15) is 0 Å². The number of nitrogens with one attached hydrogen (secondary N) is 1. The maximum atomic E-state index is 11.2. The van der Waals surface area contributed by atoms with Crippen molar-refractivity contribution in [1.82, 2.24) is 5.32 Å². The molecule has 0 heterocycles. The molecule has 1 aromatic carbocycles. The van der Waals surface area contributed by atoms with Gasteiger partial charge in [-0.3, -0.25) is 0 Å². The molecule has 0 amide bonds. The topological polar surface area (TPSA) is 111 Å². The van der Waals surface area contributed by atoms with Gasteiger partial charge in [-0.25, -0.2) is 18.5 Å². The standard InChI is InChI=1S/C12H20N4O2S.HI/c1-9(2)7-15-12(13)16-8-10-4-3-5-11(6-10)19(14,17)18;/h3-6,9H,7-8H2,1-2H3,(H3,13,15,16)(H2,14,17,18);1H. The Morgan fingerprint density at radius 2 is 2.05 bits per heavy atom. The van der Waals surface area contributed by atoms with Crippen molar-refractivity contribution in [2.45, 2.75) is 25.3 Å². The van der Waals surface area contributed by atoms with Crippen molar-refractivity contribution in [1.29, 1.82) is 0 Å². The molecule has 0 aliphatic rings. The van der Waals surface area contributed by atoms with Gasteiger partial charge in [0.2, 0.25) is 10.0 Å². The summed E-state index contributed by atoms with van der Waals surface area (Å²) in [6.07, 6.45) is 0. The lowest BCUT2D eigenvalue weighted by atomic mass is 10.2. The summed E-state index contributed by atoms with van der Waals surface area (Å²) < 4.78 is 22.4. The summed E-state index contributed by atoms with van der Waals surface area (Å²) in [5, 5.41) is 8.04. The summed E-state index contributed by atoms with van der Waals surface area (Å²) in [5.74, 6) is 0.814. The lowest BCUT2D eigenvalue weighted by Gasteiger charge is -2.08. The van der Waals surface area contributed by atoms with E-state index in [0.29, 0.717) is 18.4 Å². The van der Waals surface area contributed by atoms with Crippen LogP contribution >= 0.6 is 24.0 Å². The van der Waals surface area contributed by atoms with Gasteiger partial charge in [-0.15, -0.1) is 24.0 Å². The second kappa shape index (κ2) is 8.42. The molecule has 0 aliphatic heterocycles. The van der Waals surface area contributed by atoms with E-state index in [1.165, 1.54) is 12.1 Å². The molecule has 0 saturated heterocycles. The van der Waals surface area contributed by atoms with E-state index in [9.17, 15) is 8.42 Å². The summed E-state index contributed by atoms with van der Waals surface area (Å²) in [6, 6.07) is 6.34. The molecule has 0 radical (unpaired) electrons. The van der Waals surface area contributed by atoms with E-state index in [0.717, 1.165) is 12.1 Å². The van der Waals surface area contributed by atoms with Gasteiger partial charge < -0.3 is 11.1 Å². The largest absolute Gasteiger partial charge is 0.370 e. The molecule has 114 valence electrons. The minimum atomic E-state index is -3.68. The fourth-order valence-corrected chi connectivity index (χ4v) is 1.95. The highest BCUT2D eigenvalue weighted by Crippen LogP contribution is 2.10. The van der Waals surface area contributed by atoms with Crippen LogP contribution in [-0.4, -0.2) is 20.9 Å². The first-order valence-corrected chi connectivity index (χ1v) is 7.49. The van der Waals surface area contributed by atoms with Gasteiger partial charge in [0.05, 0.1) is 11.4 Å². The van der Waals surface area contributed by atoms with Gasteiger partial charge >= 0.3 is 0 Å². The Labute approximate surface area is 137 Å². The number of rotatable bonds is 5. The second-order valence-corrected chi connectivity index (χ2v) is 6.23. The molecule has 0 aromatic heterocycles. The van der Waals surface area contributed by atoms with Gasteiger partial charge in [-0.1, -0.05) is 26.0 Å². The summed E-state index contributed by atoms with van der Waals surface area (Å²) in [7, 11) is -3.68. The Bertz CT molecular complexity index is 558. The van der Waals surface area contributed by atoms with Crippen molar-refractivity contribution >= 4 is 40.0 Å². The zero-order valence-corrected chi connectivity index (χ0v) is 14.7. The summed E-state index contributed by atoms with van der Waals surface area (Å²) in [4.78, 5) is 4.21. The van der Waals surface area contributed by atoms with Crippen LogP contribution in [0.2, 0.25) is 0 Å². The maximum Gasteiger partial charge on any atom is 0.238 e. The van der Waals surface area contributed by atoms with Crippen molar-refractivity contribution in [3.05, 3.63) is 29.8 Å². The van der Waals surface area contributed by atoms with E-state index in [1.54, 1.807) is 12.1 Å². The van der Waals surface area contributed by atoms with Crippen LogP contribution in [0.25, 0.3) is 0 Å². The number of sulfonamides is 1. The monoisotopic (exact) mass is 412 g/mol. The highest BCUT2D eigenvalue weighted by molar-refractivity contribution is 14.0. The SMILES string of the molecule is CC(C)CNC(N)=NCc1cccc(S(N)(=O)=O)c1.I. The molecule has 0 fully saturated rings. The highest BCUT2D eigenvalue weighted by Gasteiger charge is 2.07. The molecule has 5 N–H and O–H groups in total. The van der Waals surface area contributed by atoms with Gasteiger partial charge in [0, 0.05) is 6.54 Å². The molecule has 1 aromatic rings. The minimum Gasteiger partial charge on any atom is -0.370 e. The van der Waals surface area contributed by atoms with Gasteiger partial charge in [-0.05, 0) is 23.6 Å². The van der Waals surface area contributed by atoms with Crippen molar-refractivity contribution in [3.8, 4) is 0 Å². The fraction of sp³-hybridized carbons (Fsp3) is 0.417. The molecule has 6 nitrogen and oxygen atoms in total. The van der Waals surface area contributed by atoms with Crippen LogP contribution in [0.3, 0.4) is 0 Å². The van der Waals surface area contributed by atoms with E-state index in [2.05, 4.69) is 24.2 Å². The third kappa shape index (κ3) is 7.06. The smallest absolute Gasteiger partial charge is 0.238 e.